The molecule has 1 aromatic carbocycles. The number of piperidine rings is 1. The summed E-state index contributed by atoms with van der Waals surface area (Å²) in [6, 6.07) is 7.83. The van der Waals surface area contributed by atoms with E-state index < -0.39 is 12.2 Å². The summed E-state index contributed by atoms with van der Waals surface area (Å²) in [5.41, 5.74) is 1.95. The lowest BCUT2D eigenvalue weighted by Gasteiger charge is -2.29. The van der Waals surface area contributed by atoms with Crippen molar-refractivity contribution >= 4 is 18.3 Å². The average Bonchev–Trinajstić information content (AvgIpc) is 2.47. The van der Waals surface area contributed by atoms with Crippen LogP contribution in [-0.2, 0) is 0 Å². The Morgan fingerprint density at radius 1 is 1.06 bits per heavy atom. The molecule has 2 N–H and O–H groups in total. The van der Waals surface area contributed by atoms with Crippen molar-refractivity contribution in [1.29, 1.82) is 0 Å². The highest BCUT2D eigenvalue weighted by Crippen LogP contribution is 2.24. The highest BCUT2D eigenvalue weighted by Gasteiger charge is 2.17. The van der Waals surface area contributed by atoms with Gasteiger partial charge in [-0.25, -0.2) is 0 Å². The number of hydrogen-bond acceptors (Lipinski definition) is 4. The minimum atomic E-state index is -0.849. The monoisotopic (exact) mass is 267 g/mol. The van der Waals surface area contributed by atoms with Gasteiger partial charge in [0, 0.05) is 24.5 Å². The van der Waals surface area contributed by atoms with E-state index in [1.165, 1.54) is 24.9 Å². The summed E-state index contributed by atoms with van der Waals surface area (Å²) in [6.07, 6.45) is 2.17. The zero-order valence-corrected chi connectivity index (χ0v) is 11.4. The van der Waals surface area contributed by atoms with Crippen LogP contribution >= 0.6 is 12.6 Å². The van der Waals surface area contributed by atoms with Gasteiger partial charge in [0.25, 0.3) is 0 Å². The Morgan fingerprint density at radius 2 is 1.67 bits per heavy atom. The molecule has 2 rings (SSSR count). The minimum absolute atomic E-state index is 0.259. The molecule has 1 heterocycles. The molecule has 4 heteroatoms. The predicted octanol–water partition coefficient (Wildman–Crippen LogP) is 2.00. The predicted molar refractivity (Wildman–Crippen MR) is 77.3 cm³/mol. The molecule has 1 aliphatic rings. The van der Waals surface area contributed by atoms with Gasteiger partial charge in [0.2, 0.25) is 0 Å². The molecule has 0 spiro atoms. The molecule has 0 aromatic heterocycles. The Hall–Kier alpha value is -0.710. The molecule has 0 aliphatic carbocycles. The second kappa shape index (κ2) is 6.45. The second-order valence-electron chi connectivity index (χ2n) is 4.83. The van der Waals surface area contributed by atoms with Crippen LogP contribution in [0.25, 0.3) is 0 Å². The fourth-order valence-corrected chi connectivity index (χ4v) is 2.56. The van der Waals surface area contributed by atoms with Crippen LogP contribution in [0.3, 0.4) is 0 Å². The molecular weight excluding hydrogens is 246 g/mol. The number of nitrogens with zero attached hydrogens (tertiary/aromatic N) is 1. The maximum absolute atomic E-state index is 9.88. The van der Waals surface area contributed by atoms with E-state index >= 15 is 0 Å². The summed E-state index contributed by atoms with van der Waals surface area (Å²) in [7, 11) is 0. The van der Waals surface area contributed by atoms with Gasteiger partial charge in [-0.1, -0.05) is 12.1 Å². The van der Waals surface area contributed by atoms with Crippen molar-refractivity contribution in [3.05, 3.63) is 29.8 Å². The average molecular weight is 267 g/mol. The highest BCUT2D eigenvalue weighted by atomic mass is 32.1. The third-order valence-corrected chi connectivity index (χ3v) is 3.88. The molecule has 2 unspecified atom stereocenters. The highest BCUT2D eigenvalue weighted by molar-refractivity contribution is 7.80. The van der Waals surface area contributed by atoms with Crippen LogP contribution < -0.4 is 4.90 Å². The van der Waals surface area contributed by atoms with Gasteiger partial charge in [0.15, 0.2) is 0 Å². The molecule has 1 fully saturated rings. The lowest BCUT2D eigenvalue weighted by Crippen LogP contribution is -2.29. The van der Waals surface area contributed by atoms with Crippen molar-refractivity contribution in [3.8, 4) is 0 Å². The van der Waals surface area contributed by atoms with Crippen LogP contribution in [0.4, 0.5) is 5.69 Å². The molecule has 0 radical (unpaired) electrons. The first-order valence-corrected chi connectivity index (χ1v) is 7.17. The van der Waals surface area contributed by atoms with Crippen molar-refractivity contribution in [1.82, 2.24) is 0 Å². The smallest absolute Gasteiger partial charge is 0.106 e. The number of anilines is 1. The Labute approximate surface area is 114 Å². The first kappa shape index (κ1) is 13.7. The summed E-state index contributed by atoms with van der Waals surface area (Å²) in [5, 5.41) is 19.4. The fourth-order valence-electron chi connectivity index (χ4n) is 2.36. The van der Waals surface area contributed by atoms with Crippen LogP contribution in [0.1, 0.15) is 30.9 Å². The maximum atomic E-state index is 9.88. The van der Waals surface area contributed by atoms with E-state index in [0.29, 0.717) is 0 Å². The maximum Gasteiger partial charge on any atom is 0.106 e. The van der Waals surface area contributed by atoms with E-state index in [9.17, 15) is 10.2 Å². The molecule has 0 bridgehead atoms. The second-order valence-corrected chi connectivity index (χ2v) is 5.20. The number of hydrogen-bond donors (Lipinski definition) is 3. The number of aliphatic hydroxyl groups excluding tert-OH is 2. The summed E-state index contributed by atoms with van der Waals surface area (Å²) >= 11 is 3.99. The van der Waals surface area contributed by atoms with Gasteiger partial charge in [0.05, 0.1) is 6.10 Å². The number of benzene rings is 1. The molecular formula is C14H21NO2S. The molecule has 2 atom stereocenters. The molecule has 3 nitrogen and oxygen atoms in total. The van der Waals surface area contributed by atoms with Gasteiger partial charge < -0.3 is 15.1 Å². The quantitative estimate of drug-likeness (QED) is 0.731. The molecule has 1 aliphatic heterocycles. The summed E-state index contributed by atoms with van der Waals surface area (Å²) < 4.78 is 0. The van der Waals surface area contributed by atoms with Crippen LogP contribution in [-0.4, -0.2) is 35.2 Å². The first-order valence-electron chi connectivity index (χ1n) is 6.54. The van der Waals surface area contributed by atoms with Gasteiger partial charge in [-0.15, -0.1) is 0 Å². The van der Waals surface area contributed by atoms with E-state index in [-0.39, 0.29) is 5.75 Å². The SMILES string of the molecule is OC(CS)C(O)c1ccc(N2CCCCC2)cc1. The Morgan fingerprint density at radius 3 is 2.22 bits per heavy atom. The summed E-state index contributed by atoms with van der Waals surface area (Å²) in [4.78, 5) is 2.37. The largest absolute Gasteiger partial charge is 0.389 e. The Kier molecular flexibility index (Phi) is 4.92. The number of aliphatic hydroxyl groups is 2. The van der Waals surface area contributed by atoms with E-state index in [1.54, 1.807) is 0 Å². The fraction of sp³-hybridized carbons (Fsp3) is 0.571. The summed E-state index contributed by atoms with van der Waals surface area (Å²) in [6.45, 7) is 2.22. The Balaban J connectivity index is 2.04. The van der Waals surface area contributed by atoms with Gasteiger partial charge in [-0.05, 0) is 37.0 Å². The molecule has 0 amide bonds. The third-order valence-electron chi connectivity index (χ3n) is 3.51. The normalized spacial score (nSPS) is 19.6. The van der Waals surface area contributed by atoms with Gasteiger partial charge in [-0.2, -0.15) is 12.6 Å². The van der Waals surface area contributed by atoms with Crippen molar-refractivity contribution < 1.29 is 10.2 Å². The molecule has 1 aromatic rings. The molecule has 0 saturated carbocycles. The van der Waals surface area contributed by atoms with Gasteiger partial charge >= 0.3 is 0 Å². The van der Waals surface area contributed by atoms with Crippen LogP contribution in [0.5, 0.6) is 0 Å². The minimum Gasteiger partial charge on any atom is -0.389 e. The van der Waals surface area contributed by atoms with Crippen molar-refractivity contribution in [2.45, 2.75) is 31.5 Å². The van der Waals surface area contributed by atoms with Crippen molar-refractivity contribution in [2.75, 3.05) is 23.7 Å². The molecule has 100 valence electrons. The Bertz CT molecular complexity index is 342. The standard InChI is InChI=1S/C14H21NO2S/c16-13(10-18)14(17)11-4-6-12(7-5-11)15-8-2-1-3-9-15/h4-7,13-14,16-18H,1-3,8-10H2. The van der Waals surface area contributed by atoms with Crippen LogP contribution in [0.15, 0.2) is 24.3 Å². The molecule has 18 heavy (non-hydrogen) atoms. The van der Waals surface area contributed by atoms with E-state index in [1.807, 2.05) is 24.3 Å². The van der Waals surface area contributed by atoms with Crippen LogP contribution in [0, 0.1) is 0 Å². The lowest BCUT2D eigenvalue weighted by molar-refractivity contribution is 0.0338. The zero-order valence-electron chi connectivity index (χ0n) is 10.5. The number of rotatable bonds is 4. The van der Waals surface area contributed by atoms with E-state index in [4.69, 9.17) is 0 Å². The summed E-state index contributed by atoms with van der Waals surface area (Å²) in [5.74, 6) is 0.259. The topological polar surface area (TPSA) is 43.7 Å². The molecule has 1 saturated heterocycles. The van der Waals surface area contributed by atoms with Crippen molar-refractivity contribution in [3.63, 3.8) is 0 Å². The van der Waals surface area contributed by atoms with Crippen molar-refractivity contribution in [2.24, 2.45) is 0 Å². The van der Waals surface area contributed by atoms with E-state index in [0.717, 1.165) is 18.7 Å². The van der Waals surface area contributed by atoms with Crippen LogP contribution in [0.2, 0.25) is 0 Å². The van der Waals surface area contributed by atoms with Gasteiger partial charge in [-0.3, -0.25) is 0 Å². The first-order chi connectivity index (χ1) is 8.72. The zero-order chi connectivity index (χ0) is 13.0. The third kappa shape index (κ3) is 3.19. The number of thiol groups is 1. The van der Waals surface area contributed by atoms with Gasteiger partial charge in [0.1, 0.15) is 6.10 Å². The lowest BCUT2D eigenvalue weighted by atomic mass is 10.0. The van der Waals surface area contributed by atoms with E-state index in [2.05, 4.69) is 17.5 Å².